The summed E-state index contributed by atoms with van der Waals surface area (Å²) >= 11 is 0. The highest BCUT2D eigenvalue weighted by Gasteiger charge is 2.29. The van der Waals surface area contributed by atoms with Crippen molar-refractivity contribution in [3.05, 3.63) is 23.8 Å². The monoisotopic (exact) mass is 213 g/mol. The molecular weight excluding hydrogens is 202 g/mol. The van der Waals surface area contributed by atoms with Crippen LogP contribution in [0.4, 0.5) is 5.69 Å². The molecule has 3 N–H and O–H groups in total. The summed E-state index contributed by atoms with van der Waals surface area (Å²) in [5, 5.41) is 0. The Kier molecular flexibility index (Phi) is 2.01. The standard InChI is InChI=1S/C9H11NO3S/c10-7-3-4-8(6-1-2-6)9(5-7)14(11,12)13/h3-6H,1-2,10H2,(H,11,12,13). The fraction of sp³-hybridized carbons (Fsp3) is 0.333. The SMILES string of the molecule is Nc1ccc(C2CC2)c(S(=O)(=O)O)c1. The summed E-state index contributed by atoms with van der Waals surface area (Å²) in [6, 6.07) is 4.64. The van der Waals surface area contributed by atoms with Crippen molar-refractivity contribution in [3.8, 4) is 0 Å². The van der Waals surface area contributed by atoms with Gasteiger partial charge >= 0.3 is 0 Å². The van der Waals surface area contributed by atoms with Gasteiger partial charge in [-0.25, -0.2) is 0 Å². The predicted octanol–water partition coefficient (Wildman–Crippen LogP) is 1.39. The van der Waals surface area contributed by atoms with E-state index in [1.54, 1.807) is 12.1 Å². The maximum atomic E-state index is 11.0. The summed E-state index contributed by atoms with van der Waals surface area (Å²) in [4.78, 5) is -0.0417. The summed E-state index contributed by atoms with van der Waals surface area (Å²) in [7, 11) is -4.14. The zero-order chi connectivity index (χ0) is 10.3. The highest BCUT2D eigenvalue weighted by atomic mass is 32.2. The quantitative estimate of drug-likeness (QED) is 0.574. The van der Waals surface area contributed by atoms with Crippen LogP contribution in [0.2, 0.25) is 0 Å². The van der Waals surface area contributed by atoms with Gasteiger partial charge < -0.3 is 5.73 Å². The fourth-order valence-electron chi connectivity index (χ4n) is 1.51. The zero-order valence-electron chi connectivity index (χ0n) is 7.47. The molecule has 1 aliphatic carbocycles. The number of benzene rings is 1. The van der Waals surface area contributed by atoms with Crippen LogP contribution in [0.5, 0.6) is 0 Å². The van der Waals surface area contributed by atoms with Crippen molar-refractivity contribution in [1.82, 2.24) is 0 Å². The van der Waals surface area contributed by atoms with Crippen LogP contribution in [0.3, 0.4) is 0 Å². The Bertz CT molecular complexity index is 463. The van der Waals surface area contributed by atoms with Gasteiger partial charge in [0.15, 0.2) is 0 Å². The Balaban J connectivity index is 2.59. The molecule has 0 unspecified atom stereocenters. The number of hydrogen-bond acceptors (Lipinski definition) is 3. The number of hydrogen-bond donors (Lipinski definition) is 2. The number of anilines is 1. The normalized spacial score (nSPS) is 16.9. The van der Waals surface area contributed by atoms with E-state index in [-0.39, 0.29) is 10.8 Å². The number of nitrogens with two attached hydrogens (primary N) is 1. The van der Waals surface area contributed by atoms with Gasteiger partial charge in [0.05, 0.1) is 4.90 Å². The first-order chi connectivity index (χ1) is 6.48. The van der Waals surface area contributed by atoms with Crippen LogP contribution in [0, 0.1) is 0 Å². The van der Waals surface area contributed by atoms with Gasteiger partial charge in [-0.05, 0) is 36.5 Å². The molecule has 0 atom stereocenters. The Morgan fingerprint density at radius 1 is 1.36 bits per heavy atom. The predicted molar refractivity (Wildman–Crippen MR) is 52.6 cm³/mol. The second kappa shape index (κ2) is 2.96. The number of nitrogen functional groups attached to an aromatic ring is 1. The minimum absolute atomic E-state index is 0.0417. The van der Waals surface area contributed by atoms with Crippen LogP contribution in [0.25, 0.3) is 0 Å². The van der Waals surface area contributed by atoms with Crippen molar-refractivity contribution < 1.29 is 13.0 Å². The van der Waals surface area contributed by atoms with E-state index < -0.39 is 10.1 Å². The molecule has 0 amide bonds. The molecular formula is C9H11NO3S. The maximum absolute atomic E-state index is 11.0. The number of rotatable bonds is 2. The van der Waals surface area contributed by atoms with Gasteiger partial charge in [0.2, 0.25) is 0 Å². The summed E-state index contributed by atoms with van der Waals surface area (Å²) in [5.74, 6) is 0.271. The van der Waals surface area contributed by atoms with Crippen LogP contribution in [-0.2, 0) is 10.1 Å². The second-order valence-corrected chi connectivity index (χ2v) is 4.94. The van der Waals surface area contributed by atoms with E-state index in [2.05, 4.69) is 0 Å². The molecule has 1 aliphatic rings. The minimum Gasteiger partial charge on any atom is -0.399 e. The minimum atomic E-state index is -4.14. The molecule has 0 spiro atoms. The Morgan fingerprint density at radius 3 is 2.50 bits per heavy atom. The van der Waals surface area contributed by atoms with E-state index in [1.165, 1.54) is 6.07 Å². The summed E-state index contributed by atoms with van der Waals surface area (Å²) in [6.07, 6.45) is 1.96. The van der Waals surface area contributed by atoms with Gasteiger partial charge in [-0.15, -0.1) is 0 Å². The van der Waals surface area contributed by atoms with E-state index in [0.29, 0.717) is 11.3 Å². The molecule has 0 bridgehead atoms. The van der Waals surface area contributed by atoms with Crippen LogP contribution < -0.4 is 5.73 Å². The van der Waals surface area contributed by atoms with E-state index in [0.717, 1.165) is 12.8 Å². The Labute approximate surface area is 82.5 Å². The van der Waals surface area contributed by atoms with Crippen LogP contribution >= 0.6 is 0 Å². The lowest BCUT2D eigenvalue weighted by Crippen LogP contribution is -2.03. The van der Waals surface area contributed by atoms with E-state index in [4.69, 9.17) is 10.3 Å². The molecule has 4 nitrogen and oxygen atoms in total. The van der Waals surface area contributed by atoms with Gasteiger partial charge in [0.25, 0.3) is 10.1 Å². The Hall–Kier alpha value is -1.07. The fourth-order valence-corrected chi connectivity index (χ4v) is 2.32. The van der Waals surface area contributed by atoms with Crippen LogP contribution in [-0.4, -0.2) is 13.0 Å². The third kappa shape index (κ3) is 1.73. The van der Waals surface area contributed by atoms with Gasteiger partial charge in [-0.3, -0.25) is 4.55 Å². The molecule has 1 fully saturated rings. The molecule has 1 aromatic carbocycles. The first-order valence-electron chi connectivity index (χ1n) is 4.35. The summed E-state index contributed by atoms with van der Waals surface area (Å²) in [6.45, 7) is 0. The molecule has 14 heavy (non-hydrogen) atoms. The lowest BCUT2D eigenvalue weighted by Gasteiger charge is -2.06. The van der Waals surface area contributed by atoms with Crippen LogP contribution in [0.15, 0.2) is 23.1 Å². The lowest BCUT2D eigenvalue weighted by atomic mass is 10.1. The molecule has 2 rings (SSSR count). The van der Waals surface area contributed by atoms with E-state index in [9.17, 15) is 8.42 Å². The smallest absolute Gasteiger partial charge is 0.294 e. The second-order valence-electron chi connectivity index (χ2n) is 3.55. The zero-order valence-corrected chi connectivity index (χ0v) is 8.29. The topological polar surface area (TPSA) is 80.4 Å². The molecule has 0 heterocycles. The van der Waals surface area contributed by atoms with Crippen molar-refractivity contribution in [2.75, 3.05) is 5.73 Å². The van der Waals surface area contributed by atoms with Crippen molar-refractivity contribution in [2.24, 2.45) is 0 Å². The van der Waals surface area contributed by atoms with Crippen LogP contribution in [0.1, 0.15) is 24.3 Å². The van der Waals surface area contributed by atoms with Gasteiger partial charge in [-0.1, -0.05) is 6.07 Å². The highest BCUT2D eigenvalue weighted by molar-refractivity contribution is 7.85. The molecule has 0 radical (unpaired) electrons. The first-order valence-corrected chi connectivity index (χ1v) is 5.79. The molecule has 0 aliphatic heterocycles. The average molecular weight is 213 g/mol. The molecule has 0 aromatic heterocycles. The third-order valence-corrected chi connectivity index (χ3v) is 3.24. The van der Waals surface area contributed by atoms with Gasteiger partial charge in [0, 0.05) is 5.69 Å². The summed E-state index contributed by atoms with van der Waals surface area (Å²) in [5.41, 5.74) is 6.50. The highest BCUT2D eigenvalue weighted by Crippen LogP contribution is 2.43. The van der Waals surface area contributed by atoms with E-state index in [1.807, 2.05) is 0 Å². The molecule has 5 heteroatoms. The average Bonchev–Trinajstić information content (AvgIpc) is 2.85. The largest absolute Gasteiger partial charge is 0.399 e. The van der Waals surface area contributed by atoms with Crippen molar-refractivity contribution >= 4 is 15.8 Å². The maximum Gasteiger partial charge on any atom is 0.294 e. The molecule has 0 saturated heterocycles. The van der Waals surface area contributed by atoms with Gasteiger partial charge in [-0.2, -0.15) is 8.42 Å². The van der Waals surface area contributed by atoms with E-state index >= 15 is 0 Å². The Morgan fingerprint density at radius 2 is 2.00 bits per heavy atom. The lowest BCUT2D eigenvalue weighted by molar-refractivity contribution is 0.482. The van der Waals surface area contributed by atoms with Crippen molar-refractivity contribution in [1.29, 1.82) is 0 Å². The van der Waals surface area contributed by atoms with Gasteiger partial charge in [0.1, 0.15) is 0 Å². The summed E-state index contributed by atoms with van der Waals surface area (Å²) < 4.78 is 31.1. The van der Waals surface area contributed by atoms with Crippen molar-refractivity contribution in [3.63, 3.8) is 0 Å². The first kappa shape index (κ1) is 9.48. The molecule has 76 valence electrons. The molecule has 1 saturated carbocycles. The third-order valence-electron chi connectivity index (χ3n) is 2.33. The molecule has 1 aromatic rings. The van der Waals surface area contributed by atoms with Crippen molar-refractivity contribution in [2.45, 2.75) is 23.7 Å².